The number of nitriles is 1. The molecule has 5 nitrogen and oxygen atoms in total. The topological polar surface area (TPSA) is 81.4 Å². The maximum Gasteiger partial charge on any atom is 0.346 e. The van der Waals surface area contributed by atoms with Crippen LogP contribution in [0.4, 0.5) is 17.1 Å². The molecule has 0 radical (unpaired) electrons. The summed E-state index contributed by atoms with van der Waals surface area (Å²) in [6.45, 7) is 4.16. The summed E-state index contributed by atoms with van der Waals surface area (Å²) in [4.78, 5) is 29.9. The number of hydrogen-bond donors (Lipinski definition) is 1. The first-order valence-corrected chi connectivity index (χ1v) is 14.2. The number of aliphatic carboxylic acids is 1. The number of carboxylic acids is 1. The standard InChI is InChI=1S/C33H22N2O3S2/c1-19-3-9-23(10-4-19)35(24-11-5-20(2)6-12-24)25-13-7-21(8-14-25)29-17-28-30(36)27-16-26(15-22(18-34)33(37)38)39-31(27)32(28)40-29/h3-17H,1-2H3,(H,37,38). The number of thiophene rings is 2. The Balaban J connectivity index is 1.34. The summed E-state index contributed by atoms with van der Waals surface area (Å²) in [5.41, 5.74) is 7.46. The first kappa shape index (κ1) is 25.5. The molecule has 0 saturated carbocycles. The number of rotatable bonds is 6. The predicted octanol–water partition coefficient (Wildman–Crippen LogP) is 8.77. The molecule has 0 amide bonds. The Hall–Kier alpha value is -4.77. The smallest absolute Gasteiger partial charge is 0.346 e. The molecule has 0 unspecified atom stereocenters. The molecule has 1 N–H and O–H groups in total. The van der Waals surface area contributed by atoms with E-state index in [0.29, 0.717) is 16.0 Å². The SMILES string of the molecule is Cc1ccc(N(c2ccc(C)cc2)c2ccc(-c3cc4c(s3)-c3sc(C=C(C#N)C(=O)O)cc3C4=O)cc2)cc1. The Bertz CT molecular complexity index is 1810. The predicted molar refractivity (Wildman–Crippen MR) is 162 cm³/mol. The van der Waals surface area contributed by atoms with Crippen LogP contribution in [0.1, 0.15) is 31.9 Å². The van der Waals surface area contributed by atoms with E-state index in [2.05, 4.69) is 91.5 Å². The fraction of sp³-hybridized carbons (Fsp3) is 0.0606. The van der Waals surface area contributed by atoms with Gasteiger partial charge in [0, 0.05) is 37.9 Å². The monoisotopic (exact) mass is 558 g/mol. The van der Waals surface area contributed by atoms with Gasteiger partial charge in [-0.1, -0.05) is 47.5 Å². The third kappa shape index (κ3) is 4.54. The highest BCUT2D eigenvalue weighted by Gasteiger charge is 2.32. The van der Waals surface area contributed by atoms with Crippen molar-refractivity contribution in [1.82, 2.24) is 0 Å². The van der Waals surface area contributed by atoms with Crippen molar-refractivity contribution >= 4 is 57.6 Å². The van der Waals surface area contributed by atoms with E-state index < -0.39 is 5.97 Å². The van der Waals surface area contributed by atoms with Gasteiger partial charge in [-0.2, -0.15) is 5.26 Å². The summed E-state index contributed by atoms with van der Waals surface area (Å²) in [6.07, 6.45) is 1.32. The lowest BCUT2D eigenvalue weighted by atomic mass is 10.1. The molecule has 7 heteroatoms. The molecule has 40 heavy (non-hydrogen) atoms. The van der Waals surface area contributed by atoms with Gasteiger partial charge in [0.1, 0.15) is 11.6 Å². The zero-order valence-electron chi connectivity index (χ0n) is 21.6. The van der Waals surface area contributed by atoms with Crippen LogP contribution in [-0.2, 0) is 4.79 Å². The number of carbonyl (C=O) groups is 2. The Morgan fingerprint density at radius 1 is 0.800 bits per heavy atom. The van der Waals surface area contributed by atoms with Gasteiger partial charge in [-0.3, -0.25) is 4.79 Å². The van der Waals surface area contributed by atoms with Gasteiger partial charge in [0.25, 0.3) is 0 Å². The molecule has 1 aliphatic carbocycles. The lowest BCUT2D eigenvalue weighted by Gasteiger charge is -2.26. The first-order valence-electron chi connectivity index (χ1n) is 12.5. The van der Waals surface area contributed by atoms with Crippen molar-refractivity contribution in [2.45, 2.75) is 13.8 Å². The van der Waals surface area contributed by atoms with Gasteiger partial charge in [0.05, 0.1) is 9.75 Å². The van der Waals surface area contributed by atoms with Crippen LogP contribution in [0.25, 0.3) is 26.3 Å². The summed E-state index contributed by atoms with van der Waals surface area (Å²) in [7, 11) is 0. The number of carboxylic acid groups (broad SMARTS) is 1. The van der Waals surface area contributed by atoms with Gasteiger partial charge < -0.3 is 10.0 Å². The summed E-state index contributed by atoms with van der Waals surface area (Å²) < 4.78 is 0. The second kappa shape index (κ2) is 10.1. The Morgan fingerprint density at radius 2 is 1.30 bits per heavy atom. The molecule has 5 aromatic rings. The van der Waals surface area contributed by atoms with E-state index in [1.54, 1.807) is 23.5 Å². The third-order valence-corrected chi connectivity index (χ3v) is 9.24. The number of ketones is 1. The number of hydrogen-bond acceptors (Lipinski definition) is 6. The van der Waals surface area contributed by atoms with Crippen molar-refractivity contribution in [1.29, 1.82) is 5.26 Å². The van der Waals surface area contributed by atoms with E-state index in [1.807, 2.05) is 6.07 Å². The lowest BCUT2D eigenvalue weighted by Crippen LogP contribution is -2.09. The molecule has 0 fully saturated rings. The lowest BCUT2D eigenvalue weighted by molar-refractivity contribution is -0.132. The van der Waals surface area contributed by atoms with Crippen molar-refractivity contribution in [3.8, 4) is 26.3 Å². The van der Waals surface area contributed by atoms with Crippen molar-refractivity contribution < 1.29 is 14.7 Å². The van der Waals surface area contributed by atoms with Crippen molar-refractivity contribution in [2.75, 3.05) is 4.90 Å². The highest BCUT2D eigenvalue weighted by molar-refractivity contribution is 7.25. The van der Waals surface area contributed by atoms with Crippen LogP contribution in [0.3, 0.4) is 0 Å². The fourth-order valence-corrected chi connectivity index (χ4v) is 7.15. The van der Waals surface area contributed by atoms with E-state index in [4.69, 9.17) is 5.26 Å². The second-order valence-electron chi connectivity index (χ2n) is 9.60. The van der Waals surface area contributed by atoms with E-state index >= 15 is 0 Å². The molecule has 1 aliphatic rings. The van der Waals surface area contributed by atoms with E-state index in [9.17, 15) is 14.7 Å². The molecule has 0 saturated heterocycles. The number of anilines is 3. The van der Waals surface area contributed by atoms with E-state index in [0.717, 1.165) is 37.3 Å². The van der Waals surface area contributed by atoms with Gasteiger partial charge in [-0.15, -0.1) is 22.7 Å². The molecule has 0 aliphatic heterocycles. The zero-order valence-corrected chi connectivity index (χ0v) is 23.3. The highest BCUT2D eigenvalue weighted by Crippen LogP contribution is 2.49. The van der Waals surface area contributed by atoms with Crippen LogP contribution in [0, 0.1) is 25.2 Å². The average molecular weight is 559 g/mol. The van der Waals surface area contributed by atoms with Gasteiger partial charge in [-0.25, -0.2) is 4.79 Å². The summed E-state index contributed by atoms with van der Waals surface area (Å²) in [6, 6.07) is 30.6. The molecular weight excluding hydrogens is 537 g/mol. The summed E-state index contributed by atoms with van der Waals surface area (Å²) in [5.74, 6) is -1.35. The largest absolute Gasteiger partial charge is 0.477 e. The Morgan fingerprint density at radius 3 is 1.82 bits per heavy atom. The summed E-state index contributed by atoms with van der Waals surface area (Å²) >= 11 is 2.88. The minimum Gasteiger partial charge on any atom is -0.477 e. The molecule has 6 rings (SSSR count). The molecule has 0 atom stereocenters. The molecule has 3 aromatic carbocycles. The molecule has 2 aromatic heterocycles. The molecule has 0 bridgehead atoms. The maximum absolute atomic E-state index is 13.1. The Kier molecular flexibility index (Phi) is 6.43. The van der Waals surface area contributed by atoms with Crippen LogP contribution < -0.4 is 4.90 Å². The Labute approximate surface area is 239 Å². The van der Waals surface area contributed by atoms with E-state index in [1.165, 1.54) is 28.5 Å². The number of carbonyl (C=O) groups excluding carboxylic acids is 1. The van der Waals surface area contributed by atoms with Gasteiger partial charge in [-0.05, 0) is 74.0 Å². The third-order valence-electron chi connectivity index (χ3n) is 6.81. The van der Waals surface area contributed by atoms with Crippen molar-refractivity contribution in [2.24, 2.45) is 0 Å². The number of nitrogens with zero attached hydrogens (tertiary/aromatic N) is 2. The normalized spacial score (nSPS) is 12.1. The molecular formula is C33H22N2O3S2. The number of aryl methyl sites for hydroxylation is 2. The maximum atomic E-state index is 13.1. The van der Waals surface area contributed by atoms with Crippen LogP contribution in [0.15, 0.2) is 90.5 Å². The quantitative estimate of drug-likeness (QED) is 0.163. The minimum atomic E-state index is -1.28. The van der Waals surface area contributed by atoms with Gasteiger partial charge >= 0.3 is 5.97 Å². The first-order chi connectivity index (χ1) is 19.3. The summed E-state index contributed by atoms with van der Waals surface area (Å²) in [5, 5.41) is 18.3. The second-order valence-corrected chi connectivity index (χ2v) is 11.7. The minimum absolute atomic E-state index is 0.0706. The van der Waals surface area contributed by atoms with Crippen LogP contribution in [0.5, 0.6) is 0 Å². The molecule has 2 heterocycles. The van der Waals surface area contributed by atoms with Gasteiger partial charge in [0.2, 0.25) is 0 Å². The highest BCUT2D eigenvalue weighted by atomic mass is 32.1. The average Bonchev–Trinajstić information content (AvgIpc) is 3.63. The number of fused-ring (bicyclic) bond motifs is 3. The van der Waals surface area contributed by atoms with Gasteiger partial charge in [0.15, 0.2) is 5.78 Å². The van der Waals surface area contributed by atoms with Crippen LogP contribution in [-0.4, -0.2) is 16.9 Å². The van der Waals surface area contributed by atoms with Crippen molar-refractivity contribution in [3.05, 3.63) is 118 Å². The van der Waals surface area contributed by atoms with E-state index in [-0.39, 0.29) is 11.4 Å². The molecule has 0 spiro atoms. The van der Waals surface area contributed by atoms with Crippen LogP contribution >= 0.6 is 22.7 Å². The molecule has 194 valence electrons. The van der Waals surface area contributed by atoms with Crippen LogP contribution in [0.2, 0.25) is 0 Å². The zero-order chi connectivity index (χ0) is 28.0. The van der Waals surface area contributed by atoms with Crippen molar-refractivity contribution in [3.63, 3.8) is 0 Å². The fourth-order valence-electron chi connectivity index (χ4n) is 4.73. The number of benzene rings is 3.